The second kappa shape index (κ2) is 13.9. The van der Waals surface area contributed by atoms with Crippen molar-refractivity contribution in [2.24, 2.45) is 0 Å². The van der Waals surface area contributed by atoms with E-state index >= 15 is 0 Å². The number of benzene rings is 1. The molecule has 5 rings (SSSR count). The van der Waals surface area contributed by atoms with E-state index in [2.05, 4.69) is 56.0 Å². The van der Waals surface area contributed by atoms with Gasteiger partial charge in [-0.15, -0.1) is 10.2 Å². The minimum atomic E-state index is -0.413. The molecule has 0 spiro atoms. The molecule has 0 saturated carbocycles. The minimum absolute atomic E-state index is 0.0104. The number of carbonyl (C=O) groups is 2. The van der Waals surface area contributed by atoms with Crippen LogP contribution in [0.3, 0.4) is 0 Å². The Morgan fingerprint density at radius 3 is 2.44 bits per heavy atom. The van der Waals surface area contributed by atoms with Gasteiger partial charge in [-0.3, -0.25) is 14.5 Å². The number of urea groups is 1. The largest absolute Gasteiger partial charge is 0.484 e. The Labute approximate surface area is 283 Å². The van der Waals surface area contributed by atoms with Crippen molar-refractivity contribution in [3.8, 4) is 5.75 Å². The molecule has 0 radical (unpaired) electrons. The number of nitrogens with zero attached hydrogens (tertiary/aromatic N) is 6. The second-order valence-corrected chi connectivity index (χ2v) is 14.5. The van der Waals surface area contributed by atoms with Crippen molar-refractivity contribution in [3.05, 3.63) is 77.1 Å². The van der Waals surface area contributed by atoms with Crippen molar-refractivity contribution in [2.45, 2.75) is 96.7 Å². The minimum Gasteiger partial charge on any atom is -0.484 e. The molecule has 3 N–H and O–H groups in total. The highest BCUT2D eigenvalue weighted by Gasteiger charge is 2.30. The van der Waals surface area contributed by atoms with E-state index in [1.807, 2.05) is 94.5 Å². The van der Waals surface area contributed by atoms with Crippen LogP contribution in [0.4, 0.5) is 10.6 Å². The molecule has 12 heteroatoms. The summed E-state index contributed by atoms with van der Waals surface area (Å²) in [7, 11) is 3.93. The van der Waals surface area contributed by atoms with E-state index < -0.39 is 11.9 Å². The van der Waals surface area contributed by atoms with Gasteiger partial charge in [0.15, 0.2) is 5.65 Å². The first kappa shape index (κ1) is 34.7. The molecule has 256 valence electrons. The maximum Gasteiger partial charge on any atom is 0.320 e. The molecule has 3 heterocycles. The zero-order chi connectivity index (χ0) is 34.8. The summed E-state index contributed by atoms with van der Waals surface area (Å²) in [6.45, 7) is 14.8. The van der Waals surface area contributed by atoms with E-state index in [4.69, 9.17) is 4.74 Å². The second-order valence-electron chi connectivity index (χ2n) is 14.5. The number of ether oxygens (including phenoxy) is 1. The fraction of sp³-hybridized carbons (Fsp3) is 0.500. The van der Waals surface area contributed by atoms with Gasteiger partial charge in [0.05, 0.1) is 17.9 Å². The number of fused-ring (bicyclic) bond motifs is 2. The number of likely N-dealkylation sites (N-methyl/N-ethyl adjacent to an activating group) is 1. The number of hydrogen-bond donors (Lipinski definition) is 3. The summed E-state index contributed by atoms with van der Waals surface area (Å²) >= 11 is 0. The fourth-order valence-corrected chi connectivity index (χ4v) is 5.51. The molecule has 1 aliphatic carbocycles. The summed E-state index contributed by atoms with van der Waals surface area (Å²) in [5.74, 6) is 1.80. The van der Waals surface area contributed by atoms with Crippen molar-refractivity contribution in [2.75, 3.05) is 26.0 Å². The predicted molar refractivity (Wildman–Crippen MR) is 186 cm³/mol. The lowest BCUT2D eigenvalue weighted by Crippen LogP contribution is -2.48. The molecular formula is C36H49N9O3. The number of aromatic nitrogens is 5. The third kappa shape index (κ3) is 7.75. The molecule has 0 fully saturated rings. The van der Waals surface area contributed by atoms with Crippen LogP contribution in [0, 0.1) is 0 Å². The van der Waals surface area contributed by atoms with E-state index in [0.717, 1.165) is 34.8 Å². The molecule has 12 nitrogen and oxygen atoms in total. The number of amides is 3. The van der Waals surface area contributed by atoms with Gasteiger partial charge in [-0.1, -0.05) is 58.9 Å². The Kier molecular flexibility index (Phi) is 10.0. The third-order valence-corrected chi connectivity index (χ3v) is 9.31. The lowest BCUT2D eigenvalue weighted by Gasteiger charge is -2.32. The molecule has 0 saturated heterocycles. The number of anilines is 1. The molecular weight excluding hydrogens is 606 g/mol. The van der Waals surface area contributed by atoms with Gasteiger partial charge in [0, 0.05) is 29.5 Å². The SMILES string of the molecule is CC[C@H](C)c1nnc2ccc(O[C@@H]3CC[C@H](NC(=O)Nc4cc(C(C)(C)C)nc(C(=O)NCC(C)(C)N(C)C)n4)c4ccccc43)cn12. The highest BCUT2D eigenvalue weighted by molar-refractivity contribution is 5.92. The standard InChI is InChI=1S/C36H49N9O3/c1-10-22(2)32-43-42-30-18-15-23(20-45(30)32)48-27-17-16-26(24-13-11-12-14-25(24)27)38-34(47)41-29-19-28(35(3,4)5)39-31(40-29)33(46)37-21-36(6,7)44(8)9/h11-15,18-20,22,26-27H,10,16-17,21H2,1-9H3,(H,37,46)(H2,38,39,40,41,47)/t22-,26-,27+/m0/s1. The van der Waals surface area contributed by atoms with Gasteiger partial charge in [-0.05, 0) is 70.5 Å². The zero-order valence-electron chi connectivity index (χ0n) is 29.6. The molecule has 3 amide bonds. The van der Waals surface area contributed by atoms with Gasteiger partial charge < -0.3 is 20.3 Å². The van der Waals surface area contributed by atoms with Crippen molar-refractivity contribution >= 4 is 23.4 Å². The normalized spacial score (nSPS) is 17.1. The molecule has 1 aromatic carbocycles. The summed E-state index contributed by atoms with van der Waals surface area (Å²) in [5, 5.41) is 17.6. The maximum atomic E-state index is 13.4. The third-order valence-electron chi connectivity index (χ3n) is 9.31. The van der Waals surface area contributed by atoms with Crippen LogP contribution in [0.25, 0.3) is 5.65 Å². The summed E-state index contributed by atoms with van der Waals surface area (Å²) in [5.41, 5.74) is 2.82. The lowest BCUT2D eigenvalue weighted by atomic mass is 9.85. The van der Waals surface area contributed by atoms with E-state index in [-0.39, 0.29) is 40.7 Å². The van der Waals surface area contributed by atoms with E-state index in [0.29, 0.717) is 25.1 Å². The Morgan fingerprint density at radius 1 is 1.02 bits per heavy atom. The Bertz CT molecular complexity index is 1780. The summed E-state index contributed by atoms with van der Waals surface area (Å²) in [6, 6.07) is 13.0. The van der Waals surface area contributed by atoms with Crippen LogP contribution < -0.4 is 20.7 Å². The summed E-state index contributed by atoms with van der Waals surface area (Å²) in [6.07, 6.45) is 4.12. The Morgan fingerprint density at radius 2 is 1.75 bits per heavy atom. The number of hydrogen-bond acceptors (Lipinski definition) is 8. The lowest BCUT2D eigenvalue weighted by molar-refractivity contribution is 0.0909. The molecule has 4 aromatic rings. The predicted octanol–water partition coefficient (Wildman–Crippen LogP) is 6.18. The van der Waals surface area contributed by atoms with Crippen LogP contribution in [0.15, 0.2) is 48.7 Å². The van der Waals surface area contributed by atoms with E-state index in [9.17, 15) is 9.59 Å². The fourth-order valence-electron chi connectivity index (χ4n) is 5.51. The molecule has 0 unspecified atom stereocenters. The number of rotatable bonds is 10. The molecule has 3 aromatic heterocycles. The number of nitrogens with one attached hydrogen (secondary N) is 3. The smallest absolute Gasteiger partial charge is 0.320 e. The van der Waals surface area contributed by atoms with Crippen LogP contribution >= 0.6 is 0 Å². The average Bonchev–Trinajstić information content (AvgIpc) is 3.47. The summed E-state index contributed by atoms with van der Waals surface area (Å²) < 4.78 is 8.55. The van der Waals surface area contributed by atoms with Gasteiger partial charge >= 0.3 is 6.03 Å². The molecule has 3 atom stereocenters. The van der Waals surface area contributed by atoms with Crippen molar-refractivity contribution in [1.29, 1.82) is 0 Å². The van der Waals surface area contributed by atoms with Gasteiger partial charge in [0.25, 0.3) is 5.91 Å². The van der Waals surface area contributed by atoms with Crippen LogP contribution in [0.5, 0.6) is 5.75 Å². The van der Waals surface area contributed by atoms with Crippen LogP contribution in [-0.2, 0) is 5.41 Å². The Hall–Kier alpha value is -4.58. The van der Waals surface area contributed by atoms with Crippen molar-refractivity contribution in [1.82, 2.24) is 40.1 Å². The topological polar surface area (TPSA) is 139 Å². The van der Waals surface area contributed by atoms with Gasteiger partial charge in [0.1, 0.15) is 23.5 Å². The molecule has 0 aliphatic heterocycles. The van der Waals surface area contributed by atoms with Crippen molar-refractivity contribution < 1.29 is 14.3 Å². The van der Waals surface area contributed by atoms with Crippen LogP contribution in [-0.4, -0.2) is 67.6 Å². The van der Waals surface area contributed by atoms with Gasteiger partial charge in [0.2, 0.25) is 5.82 Å². The quantitative estimate of drug-likeness (QED) is 0.184. The van der Waals surface area contributed by atoms with Crippen LogP contribution in [0.2, 0.25) is 0 Å². The zero-order valence-corrected chi connectivity index (χ0v) is 29.6. The molecule has 0 bridgehead atoms. The number of pyridine rings is 1. The van der Waals surface area contributed by atoms with E-state index in [1.54, 1.807) is 6.07 Å². The Balaban J connectivity index is 1.31. The monoisotopic (exact) mass is 655 g/mol. The highest BCUT2D eigenvalue weighted by Crippen LogP contribution is 2.39. The average molecular weight is 656 g/mol. The summed E-state index contributed by atoms with van der Waals surface area (Å²) in [4.78, 5) is 37.6. The van der Waals surface area contributed by atoms with Crippen LogP contribution in [0.1, 0.15) is 119 Å². The molecule has 1 aliphatic rings. The number of carbonyl (C=O) groups excluding carboxylic acids is 2. The van der Waals surface area contributed by atoms with Gasteiger partial charge in [-0.25, -0.2) is 14.8 Å². The van der Waals surface area contributed by atoms with E-state index in [1.165, 1.54) is 0 Å². The van der Waals surface area contributed by atoms with Gasteiger partial charge in [-0.2, -0.15) is 0 Å². The molecule has 48 heavy (non-hydrogen) atoms. The first-order valence-corrected chi connectivity index (χ1v) is 16.7. The highest BCUT2D eigenvalue weighted by atomic mass is 16.5. The maximum absolute atomic E-state index is 13.4. The first-order chi connectivity index (χ1) is 22.7. The van der Waals surface area contributed by atoms with Crippen molar-refractivity contribution in [3.63, 3.8) is 0 Å². The first-order valence-electron chi connectivity index (χ1n) is 16.7.